The second kappa shape index (κ2) is 9.80. The van der Waals surface area contributed by atoms with E-state index in [0.29, 0.717) is 0 Å². The Morgan fingerprint density at radius 3 is 2.53 bits per heavy atom. The zero-order valence-electron chi connectivity index (χ0n) is 13.9. The van der Waals surface area contributed by atoms with Crippen LogP contribution in [0.1, 0.15) is 79.1 Å². The number of hydrogen-bond donors (Lipinski definition) is 1. The molecular weight excluding hydrogens is 230 g/mol. The van der Waals surface area contributed by atoms with Crippen molar-refractivity contribution >= 4 is 0 Å². The molecule has 1 rings (SSSR count). The van der Waals surface area contributed by atoms with Crippen molar-refractivity contribution in [3.63, 3.8) is 0 Å². The van der Waals surface area contributed by atoms with Crippen molar-refractivity contribution < 1.29 is 0 Å². The van der Waals surface area contributed by atoms with Crippen molar-refractivity contribution in [3.8, 4) is 0 Å². The molecule has 0 bridgehead atoms. The van der Waals surface area contributed by atoms with Gasteiger partial charge in [0.25, 0.3) is 0 Å². The van der Waals surface area contributed by atoms with E-state index in [4.69, 9.17) is 0 Å². The Balaban J connectivity index is 2.28. The van der Waals surface area contributed by atoms with Crippen LogP contribution >= 0.6 is 0 Å². The number of unbranched alkanes of at least 4 members (excludes halogenated alkanes) is 3. The molecule has 0 spiro atoms. The van der Waals surface area contributed by atoms with Gasteiger partial charge in [0, 0.05) is 0 Å². The average molecular weight is 268 g/mol. The van der Waals surface area contributed by atoms with Crippen LogP contribution in [0.3, 0.4) is 0 Å². The van der Waals surface area contributed by atoms with Crippen LogP contribution in [0.5, 0.6) is 0 Å². The zero-order valence-corrected chi connectivity index (χ0v) is 13.9. The van der Waals surface area contributed by atoms with E-state index < -0.39 is 0 Å². The van der Waals surface area contributed by atoms with Crippen molar-refractivity contribution in [1.29, 1.82) is 0 Å². The summed E-state index contributed by atoms with van der Waals surface area (Å²) in [6.45, 7) is 11.8. The van der Waals surface area contributed by atoms with Gasteiger partial charge in [0.2, 0.25) is 0 Å². The largest absolute Gasteiger partial charge is 0.316 e. The standard InChI is InChI=1S/C18H37N/c1-5-6-7-8-9-17-12-16(4)10-11-18(17)14-19-13-15(2)3/h15-19H,5-14H2,1-4H3. The molecule has 0 heterocycles. The quantitative estimate of drug-likeness (QED) is 0.562. The molecule has 3 atom stereocenters. The molecule has 1 N–H and O–H groups in total. The van der Waals surface area contributed by atoms with Gasteiger partial charge in [-0.2, -0.15) is 0 Å². The van der Waals surface area contributed by atoms with E-state index in [2.05, 4.69) is 33.0 Å². The Labute approximate surface area is 121 Å². The van der Waals surface area contributed by atoms with Crippen molar-refractivity contribution in [2.24, 2.45) is 23.7 Å². The topological polar surface area (TPSA) is 12.0 Å². The van der Waals surface area contributed by atoms with Crippen LogP contribution in [-0.4, -0.2) is 13.1 Å². The van der Waals surface area contributed by atoms with E-state index in [1.165, 1.54) is 64.5 Å². The number of hydrogen-bond acceptors (Lipinski definition) is 1. The maximum absolute atomic E-state index is 3.70. The lowest BCUT2D eigenvalue weighted by Crippen LogP contribution is -2.34. The fourth-order valence-electron chi connectivity index (χ4n) is 3.57. The van der Waals surface area contributed by atoms with E-state index in [0.717, 1.165) is 23.7 Å². The van der Waals surface area contributed by atoms with E-state index in [1.54, 1.807) is 0 Å². The molecule has 0 saturated heterocycles. The molecular formula is C18H37N. The molecule has 0 amide bonds. The van der Waals surface area contributed by atoms with Crippen LogP contribution in [-0.2, 0) is 0 Å². The summed E-state index contributed by atoms with van der Waals surface area (Å²) in [4.78, 5) is 0. The highest BCUT2D eigenvalue weighted by atomic mass is 14.9. The van der Waals surface area contributed by atoms with Gasteiger partial charge < -0.3 is 5.32 Å². The lowest BCUT2D eigenvalue weighted by atomic mass is 9.72. The summed E-state index contributed by atoms with van der Waals surface area (Å²) in [6, 6.07) is 0. The highest BCUT2D eigenvalue weighted by Gasteiger charge is 2.27. The van der Waals surface area contributed by atoms with Crippen LogP contribution < -0.4 is 5.32 Å². The first kappa shape index (κ1) is 17.0. The molecule has 1 aliphatic rings. The van der Waals surface area contributed by atoms with Gasteiger partial charge in [-0.1, -0.05) is 66.2 Å². The smallest absolute Gasteiger partial charge is 0.00178 e. The first-order valence-electron chi connectivity index (χ1n) is 8.84. The van der Waals surface area contributed by atoms with Crippen LogP contribution in [0.2, 0.25) is 0 Å². The van der Waals surface area contributed by atoms with Gasteiger partial charge in [-0.05, 0) is 49.6 Å². The van der Waals surface area contributed by atoms with Gasteiger partial charge in [-0.3, -0.25) is 0 Å². The Morgan fingerprint density at radius 2 is 1.84 bits per heavy atom. The number of nitrogens with one attached hydrogen (secondary N) is 1. The molecule has 1 fully saturated rings. The fourth-order valence-corrected chi connectivity index (χ4v) is 3.57. The fraction of sp³-hybridized carbons (Fsp3) is 1.00. The molecule has 1 aliphatic carbocycles. The average Bonchev–Trinajstić information content (AvgIpc) is 2.36. The van der Waals surface area contributed by atoms with Gasteiger partial charge in [0.05, 0.1) is 0 Å². The second-order valence-corrected chi connectivity index (χ2v) is 7.34. The van der Waals surface area contributed by atoms with Gasteiger partial charge in [0.15, 0.2) is 0 Å². The van der Waals surface area contributed by atoms with Crippen LogP contribution in [0.15, 0.2) is 0 Å². The maximum atomic E-state index is 3.70. The molecule has 0 aromatic carbocycles. The molecule has 0 aliphatic heterocycles. The summed E-state index contributed by atoms with van der Waals surface area (Å²) in [6.07, 6.45) is 11.6. The molecule has 0 aromatic heterocycles. The van der Waals surface area contributed by atoms with Crippen molar-refractivity contribution in [3.05, 3.63) is 0 Å². The lowest BCUT2D eigenvalue weighted by Gasteiger charge is -2.35. The lowest BCUT2D eigenvalue weighted by molar-refractivity contribution is 0.170. The minimum absolute atomic E-state index is 0.783. The first-order chi connectivity index (χ1) is 9.13. The summed E-state index contributed by atoms with van der Waals surface area (Å²) in [5, 5.41) is 3.70. The van der Waals surface area contributed by atoms with E-state index >= 15 is 0 Å². The van der Waals surface area contributed by atoms with Gasteiger partial charge in [-0.25, -0.2) is 0 Å². The number of rotatable bonds is 9. The Kier molecular flexibility index (Phi) is 8.77. The highest BCUT2D eigenvalue weighted by molar-refractivity contribution is 4.80. The first-order valence-corrected chi connectivity index (χ1v) is 8.84. The Morgan fingerprint density at radius 1 is 1.05 bits per heavy atom. The van der Waals surface area contributed by atoms with Crippen LogP contribution in [0, 0.1) is 23.7 Å². The highest BCUT2D eigenvalue weighted by Crippen LogP contribution is 2.36. The third kappa shape index (κ3) is 7.34. The minimum Gasteiger partial charge on any atom is -0.316 e. The molecule has 1 saturated carbocycles. The molecule has 1 heteroatoms. The van der Waals surface area contributed by atoms with Crippen molar-refractivity contribution in [2.45, 2.75) is 79.1 Å². The van der Waals surface area contributed by atoms with E-state index in [1.807, 2.05) is 0 Å². The molecule has 0 radical (unpaired) electrons. The third-order valence-electron chi connectivity index (χ3n) is 4.79. The van der Waals surface area contributed by atoms with Crippen molar-refractivity contribution in [2.75, 3.05) is 13.1 Å². The summed E-state index contributed by atoms with van der Waals surface area (Å²) < 4.78 is 0. The normalized spacial score (nSPS) is 27.9. The summed E-state index contributed by atoms with van der Waals surface area (Å²) in [5.74, 6) is 3.71. The zero-order chi connectivity index (χ0) is 14.1. The maximum Gasteiger partial charge on any atom is -0.00178 e. The summed E-state index contributed by atoms with van der Waals surface area (Å²) >= 11 is 0. The Bertz CT molecular complexity index is 212. The SMILES string of the molecule is CCCCCCC1CC(C)CCC1CNCC(C)C. The predicted molar refractivity (Wildman–Crippen MR) is 86.5 cm³/mol. The minimum atomic E-state index is 0.783. The Hall–Kier alpha value is -0.0400. The van der Waals surface area contributed by atoms with Gasteiger partial charge in [0.1, 0.15) is 0 Å². The van der Waals surface area contributed by atoms with E-state index in [9.17, 15) is 0 Å². The molecule has 19 heavy (non-hydrogen) atoms. The van der Waals surface area contributed by atoms with Crippen LogP contribution in [0.4, 0.5) is 0 Å². The van der Waals surface area contributed by atoms with Gasteiger partial charge in [-0.15, -0.1) is 0 Å². The van der Waals surface area contributed by atoms with Crippen LogP contribution in [0.25, 0.3) is 0 Å². The summed E-state index contributed by atoms with van der Waals surface area (Å²) in [5.41, 5.74) is 0. The van der Waals surface area contributed by atoms with E-state index in [-0.39, 0.29) is 0 Å². The molecule has 114 valence electrons. The predicted octanol–water partition coefficient (Wildman–Crippen LogP) is 5.25. The van der Waals surface area contributed by atoms with Gasteiger partial charge >= 0.3 is 0 Å². The second-order valence-electron chi connectivity index (χ2n) is 7.34. The molecule has 0 aromatic rings. The molecule has 3 unspecified atom stereocenters. The summed E-state index contributed by atoms with van der Waals surface area (Å²) in [7, 11) is 0. The third-order valence-corrected chi connectivity index (χ3v) is 4.79. The molecule has 1 nitrogen and oxygen atoms in total. The monoisotopic (exact) mass is 267 g/mol. The van der Waals surface area contributed by atoms with Crippen molar-refractivity contribution in [1.82, 2.24) is 5.32 Å².